The number of alkyl halides is 1. The van der Waals surface area contributed by atoms with Crippen molar-refractivity contribution in [3.05, 3.63) is 34.6 Å². The molecule has 1 saturated heterocycles. The average molecular weight is 397 g/mol. The summed E-state index contributed by atoms with van der Waals surface area (Å²) in [5.74, 6) is -0.791. The van der Waals surface area contributed by atoms with Gasteiger partial charge < -0.3 is 4.74 Å². The highest BCUT2D eigenvalue weighted by Gasteiger charge is 2.30. The summed E-state index contributed by atoms with van der Waals surface area (Å²) < 4.78 is 58.6. The Morgan fingerprint density at radius 2 is 2.24 bits per heavy atom. The molecule has 1 heterocycles. The quantitative estimate of drug-likeness (QED) is 0.733. The van der Waals surface area contributed by atoms with Crippen LogP contribution in [0.1, 0.15) is 24.9 Å². The van der Waals surface area contributed by atoms with E-state index in [1.807, 2.05) is 11.8 Å². The molecule has 1 aliphatic rings. The van der Waals surface area contributed by atoms with Crippen molar-refractivity contribution in [2.24, 2.45) is 0 Å². The van der Waals surface area contributed by atoms with Crippen LogP contribution in [-0.2, 0) is 14.8 Å². The lowest BCUT2D eigenvalue weighted by atomic mass is 10.0. The zero-order valence-corrected chi connectivity index (χ0v) is 15.6. The molecule has 1 aromatic carbocycles. The molecule has 25 heavy (non-hydrogen) atoms. The lowest BCUT2D eigenvalue weighted by Crippen LogP contribution is -2.47. The maximum atomic E-state index is 14.4. The van der Waals surface area contributed by atoms with Crippen LogP contribution in [0.3, 0.4) is 0 Å². The molecule has 0 saturated carbocycles. The number of nitrogens with one attached hydrogen (secondary N) is 1. The van der Waals surface area contributed by atoms with Crippen molar-refractivity contribution in [2.75, 3.05) is 38.7 Å². The highest BCUT2D eigenvalue weighted by atomic mass is 35.5. The molecule has 5 nitrogen and oxygen atoms in total. The van der Waals surface area contributed by atoms with E-state index in [2.05, 4.69) is 4.72 Å². The van der Waals surface area contributed by atoms with Crippen molar-refractivity contribution in [1.82, 2.24) is 9.62 Å². The third-order valence-corrected chi connectivity index (χ3v) is 5.85. The average Bonchev–Trinajstić information content (AvgIpc) is 2.55. The first-order valence-corrected chi connectivity index (χ1v) is 10.2. The summed E-state index contributed by atoms with van der Waals surface area (Å²) in [7, 11) is -3.64. The van der Waals surface area contributed by atoms with Gasteiger partial charge in [-0.3, -0.25) is 9.29 Å². The van der Waals surface area contributed by atoms with Crippen molar-refractivity contribution in [3.63, 3.8) is 0 Å². The Hall–Kier alpha value is -0.800. The fourth-order valence-electron chi connectivity index (χ4n) is 2.89. The molecule has 0 aromatic heterocycles. The van der Waals surface area contributed by atoms with Gasteiger partial charge in [-0.2, -0.15) is 0 Å². The molecule has 0 aliphatic carbocycles. The van der Waals surface area contributed by atoms with Gasteiger partial charge in [-0.15, -0.1) is 0 Å². The molecular formula is C16H23ClF2N2O3S. The Morgan fingerprint density at radius 3 is 2.88 bits per heavy atom. The number of hydrogen-bond donors (Lipinski definition) is 1. The summed E-state index contributed by atoms with van der Waals surface area (Å²) in [6.45, 7) is 2.69. The van der Waals surface area contributed by atoms with Gasteiger partial charge in [-0.05, 0) is 25.5 Å². The summed E-state index contributed by atoms with van der Waals surface area (Å²) in [4.78, 5) is 1.95. The standard InChI is InChI=1S/C16H23ClF2N2O3S/c1-12-11-21(7-8-24-12)15(10-20-25(22,23)9-3-6-18)16-13(17)4-2-5-14(16)19/h2,4-5,12,15,20H,3,6-11H2,1H3/t12-,15+/m0/s1. The second kappa shape index (κ2) is 9.23. The summed E-state index contributed by atoms with van der Waals surface area (Å²) in [5.41, 5.74) is 0.256. The summed E-state index contributed by atoms with van der Waals surface area (Å²) >= 11 is 6.19. The molecule has 1 aliphatic heterocycles. The minimum Gasteiger partial charge on any atom is -0.376 e. The molecule has 0 spiro atoms. The van der Waals surface area contributed by atoms with Crippen molar-refractivity contribution in [1.29, 1.82) is 0 Å². The Balaban J connectivity index is 2.23. The molecule has 0 bridgehead atoms. The second-order valence-electron chi connectivity index (χ2n) is 6.04. The third kappa shape index (κ3) is 5.86. The predicted molar refractivity (Wildman–Crippen MR) is 93.5 cm³/mol. The lowest BCUT2D eigenvalue weighted by molar-refractivity contribution is -0.0342. The van der Waals surface area contributed by atoms with Gasteiger partial charge in [0.2, 0.25) is 10.0 Å². The minimum atomic E-state index is -3.64. The third-order valence-electron chi connectivity index (χ3n) is 4.09. The van der Waals surface area contributed by atoms with Crippen LogP contribution >= 0.6 is 11.6 Å². The number of rotatable bonds is 8. The molecule has 1 N–H and O–H groups in total. The summed E-state index contributed by atoms with van der Waals surface area (Å²) in [6.07, 6.45) is -0.125. The number of nitrogens with zero attached hydrogens (tertiary/aromatic N) is 1. The van der Waals surface area contributed by atoms with Crippen molar-refractivity contribution < 1.29 is 21.9 Å². The van der Waals surface area contributed by atoms with E-state index in [9.17, 15) is 17.2 Å². The second-order valence-corrected chi connectivity index (χ2v) is 8.37. The smallest absolute Gasteiger partial charge is 0.211 e. The molecule has 1 fully saturated rings. The van der Waals surface area contributed by atoms with Crippen LogP contribution in [0.2, 0.25) is 5.02 Å². The molecule has 9 heteroatoms. The van der Waals surface area contributed by atoms with Crippen LogP contribution in [-0.4, -0.2) is 58.1 Å². The number of hydrogen-bond acceptors (Lipinski definition) is 4. The van der Waals surface area contributed by atoms with Crippen LogP contribution in [0, 0.1) is 5.82 Å². The SMILES string of the molecule is C[C@H]1CN([C@H](CNS(=O)(=O)CCCF)c2c(F)cccc2Cl)CCO1. The fourth-order valence-corrected chi connectivity index (χ4v) is 4.23. The first kappa shape index (κ1) is 20.5. The van der Waals surface area contributed by atoms with E-state index in [-0.39, 0.29) is 35.4 Å². The molecular weight excluding hydrogens is 374 g/mol. The number of morpholine rings is 1. The molecule has 2 atom stereocenters. The molecule has 142 valence electrons. The monoisotopic (exact) mass is 396 g/mol. The Kier molecular flexibility index (Phi) is 7.57. The zero-order chi connectivity index (χ0) is 18.4. The van der Waals surface area contributed by atoms with Crippen LogP contribution in [0.15, 0.2) is 18.2 Å². The van der Waals surface area contributed by atoms with Crippen LogP contribution in [0.5, 0.6) is 0 Å². The van der Waals surface area contributed by atoms with E-state index in [1.54, 1.807) is 6.07 Å². The Morgan fingerprint density at radius 1 is 1.48 bits per heavy atom. The van der Waals surface area contributed by atoms with E-state index in [0.29, 0.717) is 19.7 Å². The Labute approximate surface area is 152 Å². The molecule has 2 rings (SSSR count). The van der Waals surface area contributed by atoms with Crippen LogP contribution in [0.4, 0.5) is 8.78 Å². The summed E-state index contributed by atoms with van der Waals surface area (Å²) in [5, 5.41) is 0.243. The Bertz CT molecular complexity index is 655. The molecule has 1 aromatic rings. The number of ether oxygens (including phenoxy) is 1. The van der Waals surface area contributed by atoms with Crippen molar-refractivity contribution in [2.45, 2.75) is 25.5 Å². The van der Waals surface area contributed by atoms with Crippen LogP contribution in [0.25, 0.3) is 0 Å². The fraction of sp³-hybridized carbons (Fsp3) is 0.625. The molecule has 0 amide bonds. The van der Waals surface area contributed by atoms with Crippen molar-refractivity contribution in [3.8, 4) is 0 Å². The highest BCUT2D eigenvalue weighted by molar-refractivity contribution is 7.89. The normalized spacial score (nSPS) is 20.6. The van der Waals surface area contributed by atoms with E-state index in [4.69, 9.17) is 16.3 Å². The van der Waals surface area contributed by atoms with Crippen LogP contribution < -0.4 is 4.72 Å². The van der Waals surface area contributed by atoms with Gasteiger partial charge in [0.1, 0.15) is 5.82 Å². The molecule has 0 radical (unpaired) electrons. The van der Waals surface area contributed by atoms with Gasteiger partial charge in [0.05, 0.1) is 31.2 Å². The minimum absolute atomic E-state index is 0.0397. The van der Waals surface area contributed by atoms with E-state index >= 15 is 0 Å². The molecule has 0 unspecified atom stereocenters. The van der Waals surface area contributed by atoms with E-state index in [0.717, 1.165) is 0 Å². The largest absolute Gasteiger partial charge is 0.376 e. The van der Waals surface area contributed by atoms with E-state index in [1.165, 1.54) is 12.1 Å². The first-order chi connectivity index (χ1) is 11.8. The van der Waals surface area contributed by atoms with Crippen molar-refractivity contribution >= 4 is 21.6 Å². The van der Waals surface area contributed by atoms with Gasteiger partial charge in [0, 0.05) is 30.2 Å². The number of benzene rings is 1. The van der Waals surface area contributed by atoms with Gasteiger partial charge in [0.15, 0.2) is 0 Å². The predicted octanol–water partition coefficient (Wildman–Crippen LogP) is 2.52. The lowest BCUT2D eigenvalue weighted by Gasteiger charge is -2.38. The van der Waals surface area contributed by atoms with E-state index < -0.39 is 28.6 Å². The number of sulfonamides is 1. The van der Waals surface area contributed by atoms with Gasteiger partial charge >= 0.3 is 0 Å². The van der Waals surface area contributed by atoms with Gasteiger partial charge in [-0.25, -0.2) is 17.5 Å². The maximum Gasteiger partial charge on any atom is 0.211 e. The maximum absolute atomic E-state index is 14.4. The zero-order valence-electron chi connectivity index (χ0n) is 14.1. The number of halogens is 3. The first-order valence-electron chi connectivity index (χ1n) is 8.17. The summed E-state index contributed by atoms with van der Waals surface area (Å²) in [6, 6.07) is 3.82. The van der Waals surface area contributed by atoms with Gasteiger partial charge in [0.25, 0.3) is 0 Å². The van der Waals surface area contributed by atoms with Gasteiger partial charge in [-0.1, -0.05) is 17.7 Å². The highest BCUT2D eigenvalue weighted by Crippen LogP contribution is 2.31. The topological polar surface area (TPSA) is 58.6 Å².